The summed E-state index contributed by atoms with van der Waals surface area (Å²) in [5.41, 5.74) is 2.67. The molecule has 0 aliphatic carbocycles. The minimum absolute atomic E-state index is 0.0642. The molecule has 4 heteroatoms. The van der Waals surface area contributed by atoms with E-state index in [0.717, 1.165) is 5.56 Å². The lowest BCUT2D eigenvalue weighted by atomic mass is 9.95. The largest absolute Gasteiger partial charge is 0.478 e. The molecule has 0 spiro atoms. The van der Waals surface area contributed by atoms with Crippen molar-refractivity contribution in [3.05, 3.63) is 70.3 Å². The average Bonchev–Trinajstić information content (AvgIpc) is 2.59. The number of hydrogen-bond donors (Lipinski definition) is 1. The van der Waals surface area contributed by atoms with Gasteiger partial charge in [0.15, 0.2) is 11.6 Å². The molecule has 130 valence electrons. The van der Waals surface area contributed by atoms with Gasteiger partial charge in [0.05, 0.1) is 5.56 Å². The Morgan fingerprint density at radius 1 is 0.880 bits per heavy atom. The fourth-order valence-corrected chi connectivity index (χ4v) is 2.73. The van der Waals surface area contributed by atoms with E-state index in [4.69, 9.17) is 5.11 Å². The lowest BCUT2D eigenvalue weighted by molar-refractivity contribution is 0.0695. The van der Waals surface area contributed by atoms with Gasteiger partial charge in [0.2, 0.25) is 0 Å². The summed E-state index contributed by atoms with van der Waals surface area (Å²) in [6.07, 6.45) is 0.172. The molecule has 0 bridgehead atoms. The first-order valence-electron chi connectivity index (χ1n) is 8.30. The number of Topliss-reactive ketones (excluding diaryl/α,β-unsaturated/α-hetero) is 2. The topological polar surface area (TPSA) is 71.4 Å². The highest BCUT2D eigenvalue weighted by Gasteiger charge is 2.16. The molecule has 0 radical (unpaired) electrons. The zero-order valence-electron chi connectivity index (χ0n) is 14.7. The zero-order chi connectivity index (χ0) is 18.6. The Morgan fingerprint density at radius 3 is 2.00 bits per heavy atom. The van der Waals surface area contributed by atoms with Crippen LogP contribution < -0.4 is 0 Å². The number of carbonyl (C=O) groups is 3. The van der Waals surface area contributed by atoms with E-state index in [2.05, 4.69) is 13.8 Å². The van der Waals surface area contributed by atoms with Crippen LogP contribution in [-0.4, -0.2) is 22.6 Å². The van der Waals surface area contributed by atoms with Gasteiger partial charge in [0.25, 0.3) is 0 Å². The van der Waals surface area contributed by atoms with Gasteiger partial charge in [-0.2, -0.15) is 0 Å². The normalized spacial score (nSPS) is 10.7. The minimum Gasteiger partial charge on any atom is -0.478 e. The van der Waals surface area contributed by atoms with Crippen LogP contribution in [0.15, 0.2) is 42.5 Å². The van der Waals surface area contributed by atoms with E-state index in [9.17, 15) is 14.4 Å². The molecule has 0 saturated carbocycles. The molecule has 0 saturated heterocycles. The molecule has 0 unspecified atom stereocenters. The number of carbonyl (C=O) groups excluding carboxylic acids is 2. The maximum Gasteiger partial charge on any atom is 0.335 e. The molecule has 25 heavy (non-hydrogen) atoms. The van der Waals surface area contributed by atoms with Crippen molar-refractivity contribution >= 4 is 17.5 Å². The van der Waals surface area contributed by atoms with E-state index < -0.39 is 5.97 Å². The number of carboxylic acid groups (broad SMARTS) is 1. The first kappa shape index (κ1) is 18.6. The van der Waals surface area contributed by atoms with E-state index >= 15 is 0 Å². The molecule has 0 amide bonds. The summed E-state index contributed by atoms with van der Waals surface area (Å²) in [4.78, 5) is 35.8. The molecular formula is C21H22O4. The quantitative estimate of drug-likeness (QED) is 0.745. The lowest BCUT2D eigenvalue weighted by Crippen LogP contribution is -2.09. The Bertz CT molecular complexity index is 801. The molecule has 0 aromatic heterocycles. The molecule has 0 fully saturated rings. The highest BCUT2D eigenvalue weighted by atomic mass is 16.4. The van der Waals surface area contributed by atoms with Gasteiger partial charge in [-0.05, 0) is 30.0 Å². The lowest BCUT2D eigenvalue weighted by Gasteiger charge is -2.08. The summed E-state index contributed by atoms with van der Waals surface area (Å²) in [6.45, 7) is 5.79. The van der Waals surface area contributed by atoms with Crippen LogP contribution in [-0.2, 0) is 0 Å². The smallest absolute Gasteiger partial charge is 0.335 e. The van der Waals surface area contributed by atoms with Crippen LogP contribution in [0.1, 0.15) is 74.8 Å². The van der Waals surface area contributed by atoms with Gasteiger partial charge in [-0.15, -0.1) is 0 Å². The second kappa shape index (κ2) is 7.88. The van der Waals surface area contributed by atoms with Crippen LogP contribution in [0.2, 0.25) is 0 Å². The molecular weight excluding hydrogens is 316 g/mol. The van der Waals surface area contributed by atoms with Gasteiger partial charge in [-0.1, -0.05) is 50.2 Å². The SMILES string of the molecule is Cc1c(C(=O)O)cccc1C(=O)CCC(=O)c1ccc(C(C)C)cc1. The number of aromatic carboxylic acids is 1. The summed E-state index contributed by atoms with van der Waals surface area (Å²) in [6, 6.07) is 12.1. The molecule has 2 aromatic carbocycles. The third-order valence-corrected chi connectivity index (χ3v) is 4.34. The van der Waals surface area contributed by atoms with E-state index in [-0.39, 0.29) is 30.0 Å². The van der Waals surface area contributed by atoms with Crippen LogP contribution in [0.25, 0.3) is 0 Å². The van der Waals surface area contributed by atoms with E-state index in [1.807, 2.05) is 12.1 Å². The molecule has 2 aromatic rings. The van der Waals surface area contributed by atoms with Crippen molar-refractivity contribution in [1.29, 1.82) is 0 Å². The zero-order valence-corrected chi connectivity index (χ0v) is 14.7. The van der Waals surface area contributed by atoms with Crippen LogP contribution >= 0.6 is 0 Å². The predicted molar refractivity (Wildman–Crippen MR) is 96.6 cm³/mol. The third-order valence-electron chi connectivity index (χ3n) is 4.34. The summed E-state index contributed by atoms with van der Waals surface area (Å²) in [7, 11) is 0. The van der Waals surface area contributed by atoms with Crippen molar-refractivity contribution < 1.29 is 19.5 Å². The van der Waals surface area contributed by atoms with E-state index in [1.165, 1.54) is 6.07 Å². The number of carboxylic acids is 1. The van der Waals surface area contributed by atoms with Gasteiger partial charge in [0.1, 0.15) is 0 Å². The number of benzene rings is 2. The molecule has 0 heterocycles. The fourth-order valence-electron chi connectivity index (χ4n) is 2.73. The Labute approximate surface area is 147 Å². The summed E-state index contributed by atoms with van der Waals surface area (Å²) < 4.78 is 0. The maximum atomic E-state index is 12.4. The molecule has 1 N–H and O–H groups in total. The Balaban J connectivity index is 2.06. The molecule has 0 aliphatic heterocycles. The van der Waals surface area contributed by atoms with Gasteiger partial charge in [0, 0.05) is 24.0 Å². The number of hydrogen-bond acceptors (Lipinski definition) is 3. The van der Waals surface area contributed by atoms with Crippen molar-refractivity contribution in [2.45, 2.75) is 39.5 Å². The third kappa shape index (κ3) is 4.41. The number of ketones is 2. The summed E-state index contributed by atoms with van der Waals surface area (Å²) in [5, 5.41) is 9.13. The maximum absolute atomic E-state index is 12.4. The number of rotatable bonds is 7. The average molecular weight is 338 g/mol. The molecule has 0 aliphatic rings. The molecule has 2 rings (SSSR count). The summed E-state index contributed by atoms with van der Waals surface area (Å²) in [5.74, 6) is -0.966. The molecule has 0 atom stereocenters. The first-order chi connectivity index (χ1) is 11.8. The predicted octanol–water partition coefficient (Wildman–Crippen LogP) is 4.66. The second-order valence-corrected chi connectivity index (χ2v) is 6.41. The monoisotopic (exact) mass is 338 g/mol. The van der Waals surface area contributed by atoms with E-state index in [0.29, 0.717) is 22.6 Å². The standard InChI is InChI=1S/C21H22O4/c1-13(2)15-7-9-16(10-8-15)19(22)11-12-20(23)17-5-4-6-18(14(17)3)21(24)25/h4-10,13H,11-12H2,1-3H3,(H,24,25). The van der Waals surface area contributed by atoms with Crippen LogP contribution in [0.3, 0.4) is 0 Å². The van der Waals surface area contributed by atoms with Crippen LogP contribution in [0, 0.1) is 6.92 Å². The molecule has 4 nitrogen and oxygen atoms in total. The van der Waals surface area contributed by atoms with Crippen molar-refractivity contribution in [2.75, 3.05) is 0 Å². The van der Waals surface area contributed by atoms with Crippen LogP contribution in [0.4, 0.5) is 0 Å². The van der Waals surface area contributed by atoms with Gasteiger partial charge >= 0.3 is 5.97 Å². The van der Waals surface area contributed by atoms with Crippen molar-refractivity contribution in [1.82, 2.24) is 0 Å². The highest BCUT2D eigenvalue weighted by molar-refractivity contribution is 6.04. The van der Waals surface area contributed by atoms with Crippen LogP contribution in [0.5, 0.6) is 0 Å². The Morgan fingerprint density at radius 2 is 1.44 bits per heavy atom. The second-order valence-electron chi connectivity index (χ2n) is 6.41. The Kier molecular flexibility index (Phi) is 5.86. The fraction of sp³-hybridized carbons (Fsp3) is 0.286. The van der Waals surface area contributed by atoms with Gasteiger partial charge in [-0.3, -0.25) is 9.59 Å². The van der Waals surface area contributed by atoms with E-state index in [1.54, 1.807) is 31.2 Å². The highest BCUT2D eigenvalue weighted by Crippen LogP contribution is 2.19. The van der Waals surface area contributed by atoms with Crippen molar-refractivity contribution in [3.8, 4) is 0 Å². The van der Waals surface area contributed by atoms with Crippen molar-refractivity contribution in [2.24, 2.45) is 0 Å². The minimum atomic E-state index is -1.06. The summed E-state index contributed by atoms with van der Waals surface area (Å²) >= 11 is 0. The first-order valence-corrected chi connectivity index (χ1v) is 8.30. The Hall–Kier alpha value is -2.75. The van der Waals surface area contributed by atoms with Gasteiger partial charge < -0.3 is 5.11 Å². The van der Waals surface area contributed by atoms with Gasteiger partial charge in [-0.25, -0.2) is 4.79 Å². The van der Waals surface area contributed by atoms with Crippen molar-refractivity contribution in [3.63, 3.8) is 0 Å².